The van der Waals surface area contributed by atoms with E-state index in [0.29, 0.717) is 5.25 Å². The zero-order valence-corrected chi connectivity index (χ0v) is 9.31. The summed E-state index contributed by atoms with van der Waals surface area (Å²) in [6, 6.07) is 6.72. The van der Waals surface area contributed by atoms with E-state index in [0.717, 1.165) is 0 Å². The average molecular weight is 208 g/mol. The van der Waals surface area contributed by atoms with E-state index in [-0.39, 0.29) is 6.61 Å². The van der Waals surface area contributed by atoms with Crippen LogP contribution in [-0.4, -0.2) is 17.0 Å². The molecular formula is C12H16OS. The van der Waals surface area contributed by atoms with Crippen LogP contribution in [0.4, 0.5) is 0 Å². The van der Waals surface area contributed by atoms with Crippen molar-refractivity contribution in [2.24, 2.45) is 0 Å². The van der Waals surface area contributed by atoms with Crippen molar-refractivity contribution >= 4 is 11.8 Å². The van der Waals surface area contributed by atoms with E-state index < -0.39 is 0 Å². The summed E-state index contributed by atoms with van der Waals surface area (Å²) in [5, 5.41) is 9.27. The molecule has 1 aromatic rings. The SMILES string of the molecule is CC(CO)Sc1ccc2c(c1)CCC2. The molecule has 2 heteroatoms. The second kappa shape index (κ2) is 4.37. The molecule has 14 heavy (non-hydrogen) atoms. The van der Waals surface area contributed by atoms with Crippen LogP contribution in [0.15, 0.2) is 23.1 Å². The largest absolute Gasteiger partial charge is 0.395 e. The van der Waals surface area contributed by atoms with Crippen molar-refractivity contribution in [1.29, 1.82) is 0 Å². The van der Waals surface area contributed by atoms with Gasteiger partial charge in [-0.3, -0.25) is 0 Å². The van der Waals surface area contributed by atoms with Crippen LogP contribution in [0.2, 0.25) is 0 Å². The van der Waals surface area contributed by atoms with Gasteiger partial charge in [-0.1, -0.05) is 13.0 Å². The molecule has 0 spiro atoms. The smallest absolute Gasteiger partial charge is 0.0550 e. The molecule has 2 rings (SSSR count). The molecule has 1 aromatic carbocycles. The minimum Gasteiger partial charge on any atom is -0.395 e. The Labute approximate surface area is 89.5 Å². The molecule has 0 heterocycles. The highest BCUT2D eigenvalue weighted by Crippen LogP contribution is 2.29. The Morgan fingerprint density at radius 1 is 1.36 bits per heavy atom. The fourth-order valence-corrected chi connectivity index (χ4v) is 2.79. The number of benzene rings is 1. The summed E-state index contributed by atoms with van der Waals surface area (Å²) in [7, 11) is 0. The maximum atomic E-state index is 8.97. The average Bonchev–Trinajstić information content (AvgIpc) is 2.64. The van der Waals surface area contributed by atoms with Crippen LogP contribution < -0.4 is 0 Å². The first-order chi connectivity index (χ1) is 6.79. The third kappa shape index (κ3) is 2.12. The van der Waals surface area contributed by atoms with Crippen molar-refractivity contribution in [3.05, 3.63) is 29.3 Å². The first-order valence-corrected chi connectivity index (χ1v) is 6.07. The fraction of sp³-hybridized carbons (Fsp3) is 0.500. The van der Waals surface area contributed by atoms with E-state index in [9.17, 15) is 0 Å². The van der Waals surface area contributed by atoms with Crippen molar-refractivity contribution in [1.82, 2.24) is 0 Å². The van der Waals surface area contributed by atoms with Gasteiger partial charge in [0.15, 0.2) is 0 Å². The number of aliphatic hydroxyl groups is 1. The summed E-state index contributed by atoms with van der Waals surface area (Å²) in [6.45, 7) is 2.31. The predicted octanol–water partition coefficient (Wildman–Crippen LogP) is 2.65. The number of thioether (sulfide) groups is 1. The lowest BCUT2D eigenvalue weighted by Crippen LogP contribution is -2.01. The lowest BCUT2D eigenvalue weighted by atomic mass is 10.1. The van der Waals surface area contributed by atoms with E-state index >= 15 is 0 Å². The standard InChI is InChI=1S/C12H16OS/c1-9(8-13)14-12-6-5-10-3-2-4-11(10)7-12/h5-7,9,13H,2-4,8H2,1H3. The number of fused-ring (bicyclic) bond motifs is 1. The van der Waals surface area contributed by atoms with E-state index in [1.807, 2.05) is 0 Å². The van der Waals surface area contributed by atoms with Gasteiger partial charge >= 0.3 is 0 Å². The molecule has 76 valence electrons. The zero-order valence-electron chi connectivity index (χ0n) is 8.49. The molecule has 0 radical (unpaired) electrons. The molecule has 1 nitrogen and oxygen atoms in total. The van der Waals surface area contributed by atoms with Gasteiger partial charge < -0.3 is 5.11 Å². The molecule has 0 saturated heterocycles. The van der Waals surface area contributed by atoms with Gasteiger partial charge in [-0.15, -0.1) is 11.8 Å². The summed E-state index contributed by atoms with van der Waals surface area (Å²) in [4.78, 5) is 1.30. The van der Waals surface area contributed by atoms with Crippen LogP contribution in [0.3, 0.4) is 0 Å². The molecule has 1 unspecified atom stereocenters. The monoisotopic (exact) mass is 208 g/mol. The van der Waals surface area contributed by atoms with Crippen molar-refractivity contribution < 1.29 is 5.11 Å². The Morgan fingerprint density at radius 3 is 2.93 bits per heavy atom. The minimum atomic E-state index is 0.252. The third-order valence-electron chi connectivity index (χ3n) is 2.66. The van der Waals surface area contributed by atoms with E-state index in [1.54, 1.807) is 11.8 Å². The fourth-order valence-electron chi connectivity index (χ4n) is 1.89. The Kier molecular flexibility index (Phi) is 3.14. The number of hydrogen-bond acceptors (Lipinski definition) is 2. The van der Waals surface area contributed by atoms with Crippen LogP contribution in [-0.2, 0) is 12.8 Å². The van der Waals surface area contributed by atoms with Crippen LogP contribution >= 0.6 is 11.8 Å². The summed E-state index contributed by atoms with van der Waals surface area (Å²) in [5.74, 6) is 0. The van der Waals surface area contributed by atoms with Crippen LogP contribution in [0.1, 0.15) is 24.5 Å². The molecule has 0 bridgehead atoms. The second-order valence-electron chi connectivity index (χ2n) is 3.90. The number of hydrogen-bond donors (Lipinski definition) is 1. The van der Waals surface area contributed by atoms with Crippen LogP contribution in [0.25, 0.3) is 0 Å². The van der Waals surface area contributed by atoms with Gasteiger partial charge in [0.25, 0.3) is 0 Å². The molecule has 1 aliphatic rings. The molecule has 0 amide bonds. The highest BCUT2D eigenvalue weighted by atomic mass is 32.2. The van der Waals surface area contributed by atoms with Gasteiger partial charge in [0, 0.05) is 10.1 Å². The van der Waals surface area contributed by atoms with Gasteiger partial charge in [0.1, 0.15) is 0 Å². The number of aliphatic hydroxyl groups excluding tert-OH is 1. The molecule has 0 saturated carbocycles. The highest BCUT2D eigenvalue weighted by Gasteiger charge is 2.11. The van der Waals surface area contributed by atoms with Gasteiger partial charge in [0.2, 0.25) is 0 Å². The maximum absolute atomic E-state index is 8.97. The first-order valence-electron chi connectivity index (χ1n) is 5.19. The molecule has 0 aliphatic heterocycles. The van der Waals surface area contributed by atoms with Crippen LogP contribution in [0.5, 0.6) is 0 Å². The molecule has 1 atom stereocenters. The Bertz CT molecular complexity index is 322. The van der Waals surface area contributed by atoms with Crippen molar-refractivity contribution in [3.63, 3.8) is 0 Å². The van der Waals surface area contributed by atoms with Gasteiger partial charge in [0.05, 0.1) is 6.61 Å². The second-order valence-corrected chi connectivity index (χ2v) is 5.41. The van der Waals surface area contributed by atoms with E-state index in [2.05, 4.69) is 25.1 Å². The number of rotatable bonds is 3. The lowest BCUT2D eigenvalue weighted by Gasteiger charge is -2.08. The molecule has 1 aliphatic carbocycles. The minimum absolute atomic E-state index is 0.252. The van der Waals surface area contributed by atoms with Gasteiger partial charge in [-0.05, 0) is 42.5 Å². The number of aryl methyl sites for hydroxylation is 2. The Hall–Kier alpha value is -0.470. The summed E-state index contributed by atoms with van der Waals surface area (Å²) in [6.07, 6.45) is 3.78. The van der Waals surface area contributed by atoms with Crippen molar-refractivity contribution in [2.75, 3.05) is 6.61 Å². The van der Waals surface area contributed by atoms with Crippen LogP contribution in [0, 0.1) is 0 Å². The van der Waals surface area contributed by atoms with Gasteiger partial charge in [-0.2, -0.15) is 0 Å². The quantitative estimate of drug-likeness (QED) is 0.771. The zero-order chi connectivity index (χ0) is 9.97. The van der Waals surface area contributed by atoms with Gasteiger partial charge in [-0.25, -0.2) is 0 Å². The highest BCUT2D eigenvalue weighted by molar-refractivity contribution is 8.00. The molecule has 1 N–H and O–H groups in total. The third-order valence-corrected chi connectivity index (χ3v) is 3.74. The first kappa shape index (κ1) is 10.1. The predicted molar refractivity (Wildman–Crippen MR) is 60.9 cm³/mol. The molecule has 0 aromatic heterocycles. The summed E-state index contributed by atoms with van der Waals surface area (Å²) >= 11 is 1.76. The molecular weight excluding hydrogens is 192 g/mol. The normalized spacial score (nSPS) is 16.7. The Morgan fingerprint density at radius 2 is 2.14 bits per heavy atom. The molecule has 0 fully saturated rings. The lowest BCUT2D eigenvalue weighted by molar-refractivity contribution is 0.300. The van der Waals surface area contributed by atoms with Crippen molar-refractivity contribution in [2.45, 2.75) is 36.3 Å². The summed E-state index contributed by atoms with van der Waals surface area (Å²) < 4.78 is 0. The van der Waals surface area contributed by atoms with E-state index in [4.69, 9.17) is 5.11 Å². The summed E-state index contributed by atoms with van der Waals surface area (Å²) in [5.41, 5.74) is 3.03. The van der Waals surface area contributed by atoms with E-state index in [1.165, 1.54) is 35.3 Å². The van der Waals surface area contributed by atoms with Crippen molar-refractivity contribution in [3.8, 4) is 0 Å². The maximum Gasteiger partial charge on any atom is 0.0550 e. The Balaban J connectivity index is 2.12. The topological polar surface area (TPSA) is 20.2 Å².